The Kier molecular flexibility index (Phi) is 12.7. The van der Waals surface area contributed by atoms with E-state index in [0.29, 0.717) is 0 Å². The molecule has 0 saturated heterocycles. The van der Waals surface area contributed by atoms with Crippen LogP contribution in [0.2, 0.25) is 0 Å². The van der Waals surface area contributed by atoms with E-state index < -0.39 is 0 Å². The van der Waals surface area contributed by atoms with Gasteiger partial charge in [-0.1, -0.05) is 128 Å². The lowest BCUT2D eigenvalue weighted by atomic mass is 9.93. The normalized spacial score (nSPS) is 11.2. The van der Waals surface area contributed by atoms with Crippen molar-refractivity contribution in [3.63, 3.8) is 0 Å². The maximum absolute atomic E-state index is 4.15. The number of hydrogen-bond donors (Lipinski definition) is 0. The van der Waals surface area contributed by atoms with Crippen LogP contribution < -0.4 is 14.7 Å². The Hall–Kier alpha value is -8.40. The second-order valence-electron chi connectivity index (χ2n) is 16.7. The molecule has 66 heavy (non-hydrogen) atoms. The van der Waals surface area contributed by atoms with Crippen molar-refractivity contribution in [1.29, 1.82) is 0 Å². The Balaban J connectivity index is 1.13. The monoisotopic (exact) mass is 851 g/mol. The van der Waals surface area contributed by atoms with Crippen LogP contribution in [-0.4, -0.2) is 0 Å². The smallest absolute Gasteiger partial charge is 0.0464 e. The van der Waals surface area contributed by atoms with Crippen molar-refractivity contribution in [1.82, 2.24) is 0 Å². The molecule has 0 unspecified atom stereocenters. The molecule has 3 nitrogen and oxygen atoms in total. The third-order valence-corrected chi connectivity index (χ3v) is 11.9. The number of benzene rings is 9. The first kappa shape index (κ1) is 42.9. The van der Waals surface area contributed by atoms with Crippen LogP contribution in [0.3, 0.4) is 0 Å². The van der Waals surface area contributed by atoms with E-state index >= 15 is 0 Å². The first-order valence-corrected chi connectivity index (χ1v) is 22.5. The molecule has 0 radical (unpaired) electrons. The van der Waals surface area contributed by atoms with Crippen LogP contribution in [-0.2, 0) is 0 Å². The van der Waals surface area contributed by atoms with Gasteiger partial charge in [0.05, 0.1) is 0 Å². The molecule has 0 aliphatic carbocycles. The van der Waals surface area contributed by atoms with E-state index in [-0.39, 0.29) is 0 Å². The maximum atomic E-state index is 4.15. The molecule has 0 aliphatic rings. The molecule has 0 atom stereocenters. The topological polar surface area (TPSA) is 9.72 Å². The second-order valence-corrected chi connectivity index (χ2v) is 16.7. The van der Waals surface area contributed by atoms with Gasteiger partial charge in [-0.3, -0.25) is 0 Å². The largest absolute Gasteiger partial charge is 0.311 e. The van der Waals surface area contributed by atoms with Crippen LogP contribution in [0, 0.1) is 20.8 Å². The van der Waals surface area contributed by atoms with Crippen molar-refractivity contribution >= 4 is 45.5 Å². The van der Waals surface area contributed by atoms with Crippen molar-refractivity contribution in [2.75, 3.05) is 14.7 Å². The van der Waals surface area contributed by atoms with Gasteiger partial charge in [-0.15, -0.1) is 0 Å². The van der Waals surface area contributed by atoms with Gasteiger partial charge in [0.1, 0.15) is 0 Å². The van der Waals surface area contributed by atoms with Gasteiger partial charge in [0.25, 0.3) is 0 Å². The first-order valence-electron chi connectivity index (χ1n) is 22.5. The summed E-state index contributed by atoms with van der Waals surface area (Å²) in [6.07, 6.45) is 5.68. The molecule has 0 saturated carbocycles. The quantitative estimate of drug-likeness (QED) is 0.101. The fourth-order valence-electron chi connectivity index (χ4n) is 8.69. The Morgan fingerprint density at radius 1 is 0.318 bits per heavy atom. The summed E-state index contributed by atoms with van der Waals surface area (Å²) in [5.41, 5.74) is 20.1. The summed E-state index contributed by atoms with van der Waals surface area (Å²) in [5.74, 6) is 0. The van der Waals surface area contributed by atoms with Gasteiger partial charge in [-0.05, 0) is 198 Å². The molecule has 0 amide bonds. The summed E-state index contributed by atoms with van der Waals surface area (Å²) in [7, 11) is 0. The van der Waals surface area contributed by atoms with Crippen LogP contribution in [0.25, 0.3) is 33.4 Å². The minimum Gasteiger partial charge on any atom is -0.311 e. The highest BCUT2D eigenvalue weighted by Crippen LogP contribution is 2.41. The molecule has 0 N–H and O–H groups in total. The zero-order valence-electron chi connectivity index (χ0n) is 37.8. The fourth-order valence-corrected chi connectivity index (χ4v) is 8.69. The lowest BCUT2D eigenvalue weighted by Crippen LogP contribution is -2.15. The summed E-state index contributed by atoms with van der Waals surface area (Å²) in [6.45, 7) is 14.5. The van der Waals surface area contributed by atoms with E-state index in [1.54, 1.807) is 0 Å². The lowest BCUT2D eigenvalue weighted by molar-refractivity contribution is 1.20. The molecule has 0 spiro atoms. The molecule has 0 aliphatic heterocycles. The minimum absolute atomic E-state index is 0.945. The summed E-state index contributed by atoms with van der Waals surface area (Å²) < 4.78 is 0. The average molecular weight is 852 g/mol. The summed E-state index contributed by atoms with van der Waals surface area (Å²) >= 11 is 0. The molecular weight excluding hydrogens is 799 g/mol. The molecule has 3 heteroatoms. The summed E-state index contributed by atoms with van der Waals surface area (Å²) in [5, 5.41) is 0. The predicted octanol–water partition coefficient (Wildman–Crippen LogP) is 17.9. The van der Waals surface area contributed by atoms with Gasteiger partial charge in [0.2, 0.25) is 0 Å². The molecular formula is C63H53N3. The highest BCUT2D eigenvalue weighted by atomic mass is 15.2. The molecule has 0 fully saturated rings. The first-order chi connectivity index (χ1) is 32.3. The van der Waals surface area contributed by atoms with Gasteiger partial charge in [-0.25, -0.2) is 0 Å². The van der Waals surface area contributed by atoms with E-state index in [1.165, 1.54) is 16.7 Å². The molecule has 0 bridgehead atoms. The van der Waals surface area contributed by atoms with Crippen molar-refractivity contribution < 1.29 is 0 Å². The van der Waals surface area contributed by atoms with Crippen molar-refractivity contribution in [2.45, 2.75) is 20.8 Å². The Bertz CT molecular complexity index is 2980. The molecule has 9 rings (SSSR count). The molecule has 320 valence electrons. The zero-order valence-corrected chi connectivity index (χ0v) is 37.8. The Morgan fingerprint density at radius 3 is 1.02 bits per heavy atom. The molecule has 9 aromatic rings. The minimum atomic E-state index is 0.945. The highest BCUT2D eigenvalue weighted by Gasteiger charge is 2.17. The van der Waals surface area contributed by atoms with Gasteiger partial charge in [-0.2, -0.15) is 0 Å². The van der Waals surface area contributed by atoms with Crippen LogP contribution in [0.5, 0.6) is 0 Å². The van der Waals surface area contributed by atoms with E-state index in [9.17, 15) is 0 Å². The van der Waals surface area contributed by atoms with E-state index in [2.05, 4.69) is 273 Å². The van der Waals surface area contributed by atoms with Crippen molar-refractivity contribution in [3.8, 4) is 33.4 Å². The number of rotatable bonds is 14. The highest BCUT2D eigenvalue weighted by molar-refractivity contribution is 5.85. The fraction of sp³-hybridized carbons (Fsp3) is 0.0476. The van der Waals surface area contributed by atoms with Crippen LogP contribution in [0.15, 0.2) is 262 Å². The van der Waals surface area contributed by atoms with Crippen molar-refractivity contribution in [2.24, 2.45) is 0 Å². The molecule has 0 aromatic heterocycles. The number of hydrogen-bond acceptors (Lipinski definition) is 3. The standard InChI is InChI=1S/C63H53N3/c1-6-17-55(7-2)64(61-25-14-18-46(3)40-61)58-34-28-49(29-35-58)52-43-53(50-30-36-59(37-31-50)65(56-21-10-8-11-22-56)62-26-15-19-47(4)41-62)45-54(44-52)51-32-38-60(39-33-51)66(57-23-12-9-13-24-57)63-27-16-20-48(5)42-63/h6-45H,1-2H2,3-5H3/b55-17+. The molecule has 9 aromatic carbocycles. The van der Waals surface area contributed by atoms with Crippen LogP contribution in [0.1, 0.15) is 16.7 Å². The average Bonchev–Trinajstić information content (AvgIpc) is 3.35. The maximum Gasteiger partial charge on any atom is 0.0464 e. The third-order valence-electron chi connectivity index (χ3n) is 11.9. The predicted molar refractivity (Wildman–Crippen MR) is 283 cm³/mol. The van der Waals surface area contributed by atoms with Gasteiger partial charge in [0.15, 0.2) is 0 Å². The van der Waals surface area contributed by atoms with Gasteiger partial charge in [0, 0.05) is 51.2 Å². The number of para-hydroxylation sites is 2. The van der Waals surface area contributed by atoms with Crippen LogP contribution in [0.4, 0.5) is 45.5 Å². The van der Waals surface area contributed by atoms with Gasteiger partial charge >= 0.3 is 0 Å². The SMILES string of the molecule is C=C/C=C(\C=C)N(c1ccc(-c2cc(-c3ccc(N(c4ccccc4)c4cccc(C)c4)cc3)cc(-c3ccc(N(c4ccccc4)c4cccc(C)c4)cc3)c2)cc1)c1cccc(C)c1. The number of anilines is 8. The number of nitrogens with zero attached hydrogens (tertiary/aromatic N) is 3. The van der Waals surface area contributed by atoms with E-state index in [0.717, 1.165) is 84.6 Å². The summed E-state index contributed by atoms with van der Waals surface area (Å²) in [6, 6.07) is 80.8. The second kappa shape index (κ2) is 19.6. The van der Waals surface area contributed by atoms with E-state index in [1.807, 2.05) is 18.2 Å². The van der Waals surface area contributed by atoms with Crippen molar-refractivity contribution in [3.05, 3.63) is 278 Å². The zero-order chi connectivity index (χ0) is 45.4. The Morgan fingerprint density at radius 2 is 0.652 bits per heavy atom. The lowest BCUT2D eigenvalue weighted by Gasteiger charge is -2.27. The van der Waals surface area contributed by atoms with E-state index in [4.69, 9.17) is 0 Å². The number of allylic oxidation sites excluding steroid dienone is 3. The third kappa shape index (κ3) is 9.43. The number of aryl methyl sites for hydroxylation is 3. The van der Waals surface area contributed by atoms with Gasteiger partial charge < -0.3 is 14.7 Å². The Labute approximate surface area is 390 Å². The molecule has 0 heterocycles. The van der Waals surface area contributed by atoms with Crippen LogP contribution >= 0.6 is 0 Å². The summed E-state index contributed by atoms with van der Waals surface area (Å²) in [4.78, 5) is 6.86.